The number of hydrogen-bond donors (Lipinski definition) is 1. The Morgan fingerprint density at radius 3 is 2.75 bits per heavy atom. The van der Waals surface area contributed by atoms with Gasteiger partial charge in [-0.1, -0.05) is 31.0 Å². The van der Waals surface area contributed by atoms with Gasteiger partial charge in [0.2, 0.25) is 0 Å². The second-order valence-corrected chi connectivity index (χ2v) is 6.16. The molecule has 3 atom stereocenters. The maximum Gasteiger partial charge on any atom is 0.124 e. The van der Waals surface area contributed by atoms with Crippen LogP contribution in [0, 0.1) is 12.8 Å². The molecule has 3 unspecified atom stereocenters. The van der Waals surface area contributed by atoms with Crippen LogP contribution in [0.25, 0.3) is 0 Å². The van der Waals surface area contributed by atoms with Crippen LogP contribution in [0.4, 0.5) is 0 Å². The molecular weight excluding hydrogens is 246 g/mol. The molecule has 0 bridgehead atoms. The first-order valence-corrected chi connectivity index (χ1v) is 8.10. The molecule has 0 radical (unpaired) electrons. The summed E-state index contributed by atoms with van der Waals surface area (Å²) in [6.45, 7) is 6.63. The van der Waals surface area contributed by atoms with Crippen LogP contribution in [-0.2, 0) is 0 Å². The van der Waals surface area contributed by atoms with E-state index in [9.17, 15) is 0 Å². The number of benzene rings is 1. The Balaban J connectivity index is 2.19. The van der Waals surface area contributed by atoms with Gasteiger partial charge >= 0.3 is 0 Å². The van der Waals surface area contributed by atoms with E-state index in [4.69, 9.17) is 4.74 Å². The van der Waals surface area contributed by atoms with Gasteiger partial charge in [-0.2, -0.15) is 0 Å². The summed E-state index contributed by atoms with van der Waals surface area (Å²) < 4.78 is 6.43. The summed E-state index contributed by atoms with van der Waals surface area (Å²) in [7, 11) is 2.01. The smallest absolute Gasteiger partial charge is 0.124 e. The molecule has 0 heterocycles. The van der Waals surface area contributed by atoms with Gasteiger partial charge in [-0.3, -0.25) is 0 Å². The fraction of sp³-hybridized carbons (Fsp3) is 0.667. The van der Waals surface area contributed by atoms with Gasteiger partial charge in [-0.25, -0.2) is 0 Å². The average molecular weight is 275 g/mol. The van der Waals surface area contributed by atoms with E-state index in [1.807, 2.05) is 7.05 Å². The van der Waals surface area contributed by atoms with E-state index in [1.165, 1.54) is 43.2 Å². The van der Waals surface area contributed by atoms with Crippen molar-refractivity contribution in [3.05, 3.63) is 29.3 Å². The summed E-state index contributed by atoms with van der Waals surface area (Å²) in [4.78, 5) is 0. The van der Waals surface area contributed by atoms with Gasteiger partial charge in [0.1, 0.15) is 11.9 Å². The van der Waals surface area contributed by atoms with E-state index in [0.717, 1.165) is 11.7 Å². The third-order valence-corrected chi connectivity index (χ3v) is 4.71. The summed E-state index contributed by atoms with van der Waals surface area (Å²) in [6.07, 6.45) is 6.84. The van der Waals surface area contributed by atoms with E-state index < -0.39 is 0 Å². The standard InChI is InChI=1S/C18H29NO/c1-5-15-8-6-7-9-17(15)20-18-11-10-13(2)12-16(18)14(3)19-4/h10-12,14-15,17,19H,5-9H2,1-4H3. The fourth-order valence-corrected chi connectivity index (χ4v) is 3.23. The van der Waals surface area contributed by atoms with Crippen LogP contribution in [0.15, 0.2) is 18.2 Å². The predicted molar refractivity (Wildman–Crippen MR) is 85.3 cm³/mol. The van der Waals surface area contributed by atoms with Crippen LogP contribution >= 0.6 is 0 Å². The SMILES string of the molecule is CCC1CCCCC1Oc1ccc(C)cc1C(C)NC. The average Bonchev–Trinajstić information content (AvgIpc) is 2.48. The van der Waals surface area contributed by atoms with E-state index in [-0.39, 0.29) is 0 Å². The normalized spacial score (nSPS) is 24.4. The topological polar surface area (TPSA) is 21.3 Å². The van der Waals surface area contributed by atoms with Gasteiger partial charge in [-0.05, 0) is 58.6 Å². The van der Waals surface area contributed by atoms with E-state index in [0.29, 0.717) is 12.1 Å². The second-order valence-electron chi connectivity index (χ2n) is 6.16. The largest absolute Gasteiger partial charge is 0.490 e. The highest BCUT2D eigenvalue weighted by molar-refractivity contribution is 5.39. The summed E-state index contributed by atoms with van der Waals surface area (Å²) in [5.41, 5.74) is 2.58. The van der Waals surface area contributed by atoms with Gasteiger partial charge in [-0.15, -0.1) is 0 Å². The minimum Gasteiger partial charge on any atom is -0.490 e. The number of nitrogens with one attached hydrogen (secondary N) is 1. The first-order valence-electron chi connectivity index (χ1n) is 8.10. The highest BCUT2D eigenvalue weighted by Crippen LogP contribution is 2.33. The third kappa shape index (κ3) is 3.54. The van der Waals surface area contributed by atoms with E-state index in [1.54, 1.807) is 0 Å². The minimum absolute atomic E-state index is 0.327. The van der Waals surface area contributed by atoms with Gasteiger partial charge < -0.3 is 10.1 Å². The molecule has 1 N–H and O–H groups in total. The number of ether oxygens (including phenoxy) is 1. The molecule has 2 heteroatoms. The van der Waals surface area contributed by atoms with E-state index in [2.05, 4.69) is 44.3 Å². The maximum atomic E-state index is 6.43. The first kappa shape index (κ1) is 15.4. The lowest BCUT2D eigenvalue weighted by atomic mass is 9.84. The number of rotatable bonds is 5. The van der Waals surface area contributed by atoms with Gasteiger partial charge in [0, 0.05) is 11.6 Å². The van der Waals surface area contributed by atoms with Crippen LogP contribution in [0.2, 0.25) is 0 Å². The van der Waals surface area contributed by atoms with Crippen molar-refractivity contribution in [2.24, 2.45) is 5.92 Å². The van der Waals surface area contributed by atoms with Crippen LogP contribution in [0.5, 0.6) is 5.75 Å². The molecule has 1 aromatic rings. The molecule has 20 heavy (non-hydrogen) atoms. The Hall–Kier alpha value is -1.02. The molecule has 0 aliphatic heterocycles. The molecule has 2 rings (SSSR count). The quantitative estimate of drug-likeness (QED) is 0.846. The van der Waals surface area contributed by atoms with Gasteiger partial charge in [0.15, 0.2) is 0 Å². The molecule has 2 nitrogen and oxygen atoms in total. The van der Waals surface area contributed by atoms with Crippen molar-refractivity contribution in [1.29, 1.82) is 0 Å². The van der Waals surface area contributed by atoms with Crippen molar-refractivity contribution in [2.75, 3.05) is 7.05 Å². The zero-order chi connectivity index (χ0) is 14.5. The Labute approximate surface area is 123 Å². The summed E-state index contributed by atoms with van der Waals surface area (Å²) in [5, 5.41) is 3.33. The van der Waals surface area contributed by atoms with Crippen LogP contribution in [-0.4, -0.2) is 13.2 Å². The lowest BCUT2D eigenvalue weighted by Crippen LogP contribution is -2.30. The van der Waals surface area contributed by atoms with Gasteiger partial charge in [0.25, 0.3) is 0 Å². The summed E-state index contributed by atoms with van der Waals surface area (Å²) in [5.74, 6) is 1.80. The fourth-order valence-electron chi connectivity index (χ4n) is 3.23. The Bertz CT molecular complexity index is 429. The predicted octanol–water partition coefficient (Wildman–Crippen LogP) is 4.62. The zero-order valence-corrected chi connectivity index (χ0v) is 13.4. The monoisotopic (exact) mass is 275 g/mol. The van der Waals surface area contributed by atoms with Gasteiger partial charge in [0.05, 0.1) is 0 Å². The van der Waals surface area contributed by atoms with Crippen LogP contribution in [0.1, 0.15) is 63.1 Å². The van der Waals surface area contributed by atoms with Crippen molar-refractivity contribution in [3.8, 4) is 5.75 Å². The number of hydrogen-bond acceptors (Lipinski definition) is 2. The lowest BCUT2D eigenvalue weighted by molar-refractivity contribution is 0.0889. The minimum atomic E-state index is 0.327. The number of aryl methyl sites for hydroxylation is 1. The van der Waals surface area contributed by atoms with Crippen molar-refractivity contribution in [1.82, 2.24) is 5.32 Å². The zero-order valence-electron chi connectivity index (χ0n) is 13.4. The molecule has 1 saturated carbocycles. The van der Waals surface area contributed by atoms with E-state index >= 15 is 0 Å². The molecule has 0 aromatic heterocycles. The second kappa shape index (κ2) is 7.12. The first-order chi connectivity index (χ1) is 9.65. The molecule has 1 aliphatic rings. The Morgan fingerprint density at radius 1 is 1.30 bits per heavy atom. The van der Waals surface area contributed by atoms with Crippen LogP contribution < -0.4 is 10.1 Å². The van der Waals surface area contributed by atoms with Crippen molar-refractivity contribution in [2.45, 2.75) is 65.0 Å². The maximum absolute atomic E-state index is 6.43. The molecule has 0 saturated heterocycles. The molecule has 1 aromatic carbocycles. The molecule has 0 amide bonds. The highest BCUT2D eigenvalue weighted by atomic mass is 16.5. The molecule has 1 aliphatic carbocycles. The van der Waals surface area contributed by atoms with Crippen molar-refractivity contribution >= 4 is 0 Å². The molecule has 112 valence electrons. The summed E-state index contributed by atoms with van der Waals surface area (Å²) in [6, 6.07) is 6.89. The highest BCUT2D eigenvalue weighted by Gasteiger charge is 2.26. The Kier molecular flexibility index (Phi) is 5.47. The molecule has 1 fully saturated rings. The lowest BCUT2D eigenvalue weighted by Gasteiger charge is -2.32. The third-order valence-electron chi connectivity index (χ3n) is 4.71. The summed E-state index contributed by atoms with van der Waals surface area (Å²) >= 11 is 0. The van der Waals surface area contributed by atoms with Crippen molar-refractivity contribution in [3.63, 3.8) is 0 Å². The molecule has 0 spiro atoms. The Morgan fingerprint density at radius 2 is 2.05 bits per heavy atom. The van der Waals surface area contributed by atoms with Crippen LogP contribution in [0.3, 0.4) is 0 Å². The van der Waals surface area contributed by atoms with Crippen molar-refractivity contribution < 1.29 is 4.74 Å². The molecular formula is C18H29NO.